The fraction of sp³-hybridized carbons (Fsp3) is 0.800. The predicted molar refractivity (Wildman–Crippen MR) is 72.9 cm³/mol. The van der Waals surface area contributed by atoms with Crippen LogP contribution >= 0.6 is 0 Å². The van der Waals surface area contributed by atoms with E-state index in [0.717, 1.165) is 31.8 Å². The van der Waals surface area contributed by atoms with Gasteiger partial charge in [-0.2, -0.15) is 0 Å². The fourth-order valence-corrected chi connectivity index (χ4v) is 2.02. The smallest absolute Gasteiger partial charge is 0.219 e. The van der Waals surface area contributed by atoms with E-state index < -0.39 is 0 Å². The molecule has 1 saturated carbocycles. The zero-order chi connectivity index (χ0) is 12.5. The first-order chi connectivity index (χ1) is 8.24. The Morgan fingerprint density at radius 3 is 2.59 bits per heavy atom. The van der Waals surface area contributed by atoms with Gasteiger partial charge in [-0.1, -0.05) is 25.5 Å². The third kappa shape index (κ3) is 7.19. The number of hydrogen-bond acceptors (Lipinski definition) is 1. The molecule has 1 aliphatic rings. The lowest BCUT2D eigenvalue weighted by Crippen LogP contribution is -2.31. The van der Waals surface area contributed by atoms with Gasteiger partial charge >= 0.3 is 0 Å². The summed E-state index contributed by atoms with van der Waals surface area (Å²) in [5, 5.41) is 0. The van der Waals surface area contributed by atoms with Gasteiger partial charge in [0.1, 0.15) is 0 Å². The zero-order valence-corrected chi connectivity index (χ0v) is 11.5. The first-order valence-electron chi connectivity index (χ1n) is 7.14. The second-order valence-corrected chi connectivity index (χ2v) is 5.14. The molecular weight excluding hydrogens is 210 g/mol. The van der Waals surface area contributed by atoms with Crippen LogP contribution in [-0.2, 0) is 4.79 Å². The van der Waals surface area contributed by atoms with Gasteiger partial charge in [0.25, 0.3) is 0 Å². The highest BCUT2D eigenvalue weighted by molar-refractivity contribution is 5.73. The molecule has 0 aromatic carbocycles. The van der Waals surface area contributed by atoms with Crippen molar-refractivity contribution in [3.05, 3.63) is 12.2 Å². The molecule has 0 heterocycles. The molecule has 0 saturated heterocycles. The third-order valence-electron chi connectivity index (χ3n) is 3.32. The molecule has 0 radical (unpaired) electrons. The average molecular weight is 237 g/mol. The van der Waals surface area contributed by atoms with Gasteiger partial charge in [-0.25, -0.2) is 0 Å². The van der Waals surface area contributed by atoms with Crippen LogP contribution in [0.25, 0.3) is 0 Å². The molecule has 0 aromatic heterocycles. The maximum atomic E-state index is 11.4. The van der Waals surface area contributed by atoms with Crippen molar-refractivity contribution in [1.82, 2.24) is 4.90 Å². The number of carbonyl (C=O) groups excluding carboxylic acids is 1. The first-order valence-corrected chi connectivity index (χ1v) is 7.14. The quantitative estimate of drug-likeness (QED) is 0.441. The third-order valence-corrected chi connectivity index (χ3v) is 3.32. The highest BCUT2D eigenvalue weighted by Gasteiger charge is 2.24. The summed E-state index contributed by atoms with van der Waals surface area (Å²) in [7, 11) is 0. The number of hydrogen-bond donors (Lipinski definition) is 0. The van der Waals surface area contributed by atoms with Gasteiger partial charge in [-0.05, 0) is 44.4 Å². The van der Waals surface area contributed by atoms with E-state index in [4.69, 9.17) is 0 Å². The maximum absolute atomic E-state index is 11.4. The molecule has 0 atom stereocenters. The number of nitrogens with zero attached hydrogens (tertiary/aromatic N) is 1. The molecular formula is C15H27NO. The van der Waals surface area contributed by atoms with E-state index in [9.17, 15) is 4.79 Å². The molecule has 0 bridgehead atoms. The molecule has 0 unspecified atom stereocenters. The van der Waals surface area contributed by atoms with Gasteiger partial charge in [0.2, 0.25) is 5.91 Å². The SMILES string of the molecule is CC/C=C\CCCCCN(CC1CC1)C(C)=O. The number of amides is 1. The summed E-state index contributed by atoms with van der Waals surface area (Å²) in [5.74, 6) is 1.06. The molecule has 0 aromatic rings. The Morgan fingerprint density at radius 2 is 2.00 bits per heavy atom. The van der Waals surface area contributed by atoms with Crippen molar-refractivity contribution in [2.24, 2.45) is 5.92 Å². The summed E-state index contributed by atoms with van der Waals surface area (Å²) < 4.78 is 0. The molecule has 1 rings (SSSR count). The lowest BCUT2D eigenvalue weighted by atomic mass is 10.1. The molecule has 0 aliphatic heterocycles. The van der Waals surface area contributed by atoms with Crippen molar-refractivity contribution >= 4 is 5.91 Å². The summed E-state index contributed by atoms with van der Waals surface area (Å²) in [6, 6.07) is 0. The van der Waals surface area contributed by atoms with Crippen molar-refractivity contribution < 1.29 is 4.79 Å². The number of carbonyl (C=O) groups is 1. The standard InChI is InChI=1S/C15H27NO/c1-3-4-5-6-7-8-9-12-16(14(2)17)13-15-10-11-15/h4-5,15H,3,6-13H2,1-2H3/b5-4-. The minimum Gasteiger partial charge on any atom is -0.343 e. The molecule has 2 nitrogen and oxygen atoms in total. The first kappa shape index (κ1) is 14.3. The molecule has 98 valence electrons. The second kappa shape index (κ2) is 8.32. The van der Waals surface area contributed by atoms with Crippen LogP contribution in [0.4, 0.5) is 0 Å². The molecule has 1 amide bonds. The van der Waals surface area contributed by atoms with Crippen molar-refractivity contribution in [1.29, 1.82) is 0 Å². The van der Waals surface area contributed by atoms with Crippen LogP contribution in [-0.4, -0.2) is 23.9 Å². The van der Waals surface area contributed by atoms with E-state index >= 15 is 0 Å². The second-order valence-electron chi connectivity index (χ2n) is 5.14. The van der Waals surface area contributed by atoms with Gasteiger partial charge in [0, 0.05) is 20.0 Å². The Labute approximate surface area is 106 Å². The van der Waals surface area contributed by atoms with Crippen molar-refractivity contribution in [2.45, 2.75) is 58.8 Å². The molecule has 1 fully saturated rings. The normalized spacial score (nSPS) is 15.4. The van der Waals surface area contributed by atoms with Crippen LogP contribution in [0.1, 0.15) is 58.8 Å². The number of unbranched alkanes of at least 4 members (excludes halogenated alkanes) is 3. The van der Waals surface area contributed by atoms with Crippen LogP contribution in [0.15, 0.2) is 12.2 Å². The van der Waals surface area contributed by atoms with E-state index in [-0.39, 0.29) is 5.91 Å². The Balaban J connectivity index is 2.01. The number of rotatable bonds is 9. The van der Waals surface area contributed by atoms with E-state index in [0.29, 0.717) is 0 Å². The van der Waals surface area contributed by atoms with E-state index in [1.54, 1.807) is 6.92 Å². The van der Waals surface area contributed by atoms with Crippen LogP contribution in [0.3, 0.4) is 0 Å². The predicted octanol–water partition coefficient (Wildman–Crippen LogP) is 3.77. The van der Waals surface area contributed by atoms with Crippen LogP contribution in [0, 0.1) is 5.92 Å². The monoisotopic (exact) mass is 237 g/mol. The number of allylic oxidation sites excluding steroid dienone is 2. The Morgan fingerprint density at radius 1 is 1.24 bits per heavy atom. The molecule has 2 heteroatoms. The topological polar surface area (TPSA) is 20.3 Å². The highest BCUT2D eigenvalue weighted by Crippen LogP contribution is 2.29. The summed E-state index contributed by atoms with van der Waals surface area (Å²) in [4.78, 5) is 13.5. The van der Waals surface area contributed by atoms with E-state index in [1.807, 2.05) is 4.90 Å². The lowest BCUT2D eigenvalue weighted by molar-refractivity contribution is -0.129. The lowest BCUT2D eigenvalue weighted by Gasteiger charge is -2.20. The summed E-state index contributed by atoms with van der Waals surface area (Å²) in [5.41, 5.74) is 0. The van der Waals surface area contributed by atoms with Crippen molar-refractivity contribution in [3.8, 4) is 0 Å². The Kier molecular flexibility index (Phi) is 6.99. The maximum Gasteiger partial charge on any atom is 0.219 e. The van der Waals surface area contributed by atoms with Gasteiger partial charge in [0.15, 0.2) is 0 Å². The van der Waals surface area contributed by atoms with Gasteiger partial charge in [0.05, 0.1) is 0 Å². The summed E-state index contributed by atoms with van der Waals surface area (Å²) in [6.45, 7) is 5.83. The minimum absolute atomic E-state index is 0.253. The molecule has 0 N–H and O–H groups in total. The van der Waals surface area contributed by atoms with Crippen LogP contribution in [0.5, 0.6) is 0 Å². The van der Waals surface area contributed by atoms with Gasteiger partial charge in [-0.3, -0.25) is 4.79 Å². The molecule has 1 aliphatic carbocycles. The zero-order valence-electron chi connectivity index (χ0n) is 11.5. The van der Waals surface area contributed by atoms with Crippen LogP contribution < -0.4 is 0 Å². The van der Waals surface area contributed by atoms with Gasteiger partial charge in [-0.15, -0.1) is 0 Å². The van der Waals surface area contributed by atoms with Gasteiger partial charge < -0.3 is 4.90 Å². The highest BCUT2D eigenvalue weighted by atomic mass is 16.2. The fourth-order valence-electron chi connectivity index (χ4n) is 2.02. The molecule has 0 spiro atoms. The average Bonchev–Trinajstić information content (AvgIpc) is 3.10. The summed E-state index contributed by atoms with van der Waals surface area (Å²) in [6.07, 6.45) is 13.1. The molecule has 17 heavy (non-hydrogen) atoms. The summed E-state index contributed by atoms with van der Waals surface area (Å²) >= 11 is 0. The Hall–Kier alpha value is -0.790. The minimum atomic E-state index is 0.253. The van der Waals surface area contributed by atoms with E-state index in [2.05, 4.69) is 19.1 Å². The van der Waals surface area contributed by atoms with E-state index in [1.165, 1.54) is 32.1 Å². The van der Waals surface area contributed by atoms with Crippen molar-refractivity contribution in [2.75, 3.05) is 13.1 Å². The van der Waals surface area contributed by atoms with Crippen LogP contribution in [0.2, 0.25) is 0 Å². The Bertz CT molecular complexity index is 243. The van der Waals surface area contributed by atoms with Crippen molar-refractivity contribution in [3.63, 3.8) is 0 Å². The largest absolute Gasteiger partial charge is 0.343 e.